The van der Waals surface area contributed by atoms with Gasteiger partial charge in [0, 0.05) is 41.7 Å². The number of aromatic amines is 1. The number of halogens is 2. The van der Waals surface area contributed by atoms with E-state index in [1.54, 1.807) is 13.1 Å². The zero-order chi connectivity index (χ0) is 25.5. The van der Waals surface area contributed by atoms with E-state index in [1.165, 1.54) is 6.07 Å². The van der Waals surface area contributed by atoms with Crippen LogP contribution in [0.1, 0.15) is 23.6 Å². The van der Waals surface area contributed by atoms with E-state index in [0.717, 1.165) is 34.2 Å². The molecule has 4 rings (SSSR count). The minimum Gasteiger partial charge on any atom is -0.445 e. The molecule has 0 aliphatic rings. The van der Waals surface area contributed by atoms with Crippen LogP contribution in [0.5, 0.6) is 0 Å². The van der Waals surface area contributed by atoms with Crippen molar-refractivity contribution < 1.29 is 23.1 Å². The van der Waals surface area contributed by atoms with Gasteiger partial charge >= 0.3 is 6.09 Å². The quantitative estimate of drug-likeness (QED) is 0.307. The molecule has 36 heavy (non-hydrogen) atoms. The van der Waals surface area contributed by atoms with Gasteiger partial charge in [-0.15, -0.1) is 0 Å². The average Bonchev–Trinajstić information content (AvgIpc) is 3.26. The highest BCUT2D eigenvalue weighted by atomic mass is 19.1. The first kappa shape index (κ1) is 24.9. The van der Waals surface area contributed by atoms with Crippen LogP contribution < -0.4 is 10.6 Å². The molecule has 0 spiro atoms. The van der Waals surface area contributed by atoms with Gasteiger partial charge < -0.3 is 20.4 Å². The van der Waals surface area contributed by atoms with Crippen molar-refractivity contribution in [2.24, 2.45) is 0 Å². The Morgan fingerprint density at radius 1 is 0.972 bits per heavy atom. The number of nitrogens with one attached hydrogen (secondary N) is 3. The Balaban J connectivity index is 1.47. The van der Waals surface area contributed by atoms with Crippen LogP contribution in [0.3, 0.4) is 0 Å². The fraction of sp³-hybridized carbons (Fsp3) is 0.214. The predicted octanol–water partition coefficient (Wildman–Crippen LogP) is 5.03. The van der Waals surface area contributed by atoms with Crippen molar-refractivity contribution in [2.75, 3.05) is 6.54 Å². The van der Waals surface area contributed by atoms with Gasteiger partial charge in [0.2, 0.25) is 5.91 Å². The topological polar surface area (TPSA) is 83.2 Å². The number of carbonyl (C=O) groups excluding carboxylic acids is 2. The summed E-state index contributed by atoms with van der Waals surface area (Å²) in [5, 5.41) is 6.50. The first-order valence-electron chi connectivity index (χ1n) is 11.6. The van der Waals surface area contributed by atoms with E-state index in [2.05, 4.69) is 15.6 Å². The van der Waals surface area contributed by atoms with E-state index in [9.17, 15) is 18.4 Å². The monoisotopic (exact) mass is 491 g/mol. The van der Waals surface area contributed by atoms with Crippen LogP contribution in [-0.2, 0) is 29.0 Å². The number of hydrogen-bond donors (Lipinski definition) is 3. The number of H-pyrrole nitrogens is 1. The molecule has 6 nitrogen and oxygen atoms in total. The number of fused-ring (bicyclic) bond motifs is 1. The summed E-state index contributed by atoms with van der Waals surface area (Å²) in [4.78, 5) is 29.2. The Morgan fingerprint density at radius 2 is 1.72 bits per heavy atom. The molecule has 0 radical (unpaired) electrons. The van der Waals surface area contributed by atoms with E-state index in [-0.39, 0.29) is 17.9 Å². The molecular formula is C28H27F2N3O3. The number of rotatable bonds is 9. The lowest BCUT2D eigenvalue weighted by atomic mass is 9.91. The zero-order valence-corrected chi connectivity index (χ0v) is 19.8. The standard InChI is InChI=1S/C28H27F2N3O3/c1-28(16-21-17-32-25-10-6-5-9-23(21)25,26(34)31-14-13-19-7-3-2-4-8-19)33-27(35)36-18-20-11-12-22(29)15-24(20)30/h2-12,15,17,32H,13-14,16,18H2,1H3,(H,31,34)(H,33,35)/t28-/m1/s1. The third kappa shape index (κ3) is 6.07. The van der Waals surface area contributed by atoms with Crippen LogP contribution in [0, 0.1) is 11.6 Å². The molecule has 0 saturated heterocycles. The maximum Gasteiger partial charge on any atom is 0.408 e. The second-order valence-electron chi connectivity index (χ2n) is 8.80. The highest BCUT2D eigenvalue weighted by molar-refractivity contribution is 5.91. The van der Waals surface area contributed by atoms with E-state index in [0.29, 0.717) is 13.0 Å². The number of amides is 2. The maximum atomic E-state index is 13.9. The molecule has 0 saturated carbocycles. The van der Waals surface area contributed by atoms with Gasteiger partial charge in [0.05, 0.1) is 0 Å². The molecule has 1 atom stereocenters. The summed E-state index contributed by atoms with van der Waals surface area (Å²) in [6.07, 6.45) is 1.73. The Morgan fingerprint density at radius 3 is 2.50 bits per heavy atom. The maximum absolute atomic E-state index is 13.9. The number of carbonyl (C=O) groups is 2. The third-order valence-corrected chi connectivity index (χ3v) is 6.01. The summed E-state index contributed by atoms with van der Waals surface area (Å²) in [6, 6.07) is 20.4. The van der Waals surface area contributed by atoms with Crippen molar-refractivity contribution in [3.63, 3.8) is 0 Å². The Bertz CT molecular complexity index is 1360. The van der Waals surface area contributed by atoms with Crippen LogP contribution in [0.15, 0.2) is 79.0 Å². The normalized spacial score (nSPS) is 12.6. The SMILES string of the molecule is C[C@](Cc1c[nH]c2ccccc12)(NC(=O)OCc1ccc(F)cc1F)C(=O)NCCc1ccccc1. The molecular weight excluding hydrogens is 464 g/mol. The van der Waals surface area contributed by atoms with E-state index in [4.69, 9.17) is 4.74 Å². The van der Waals surface area contributed by atoms with Gasteiger partial charge in [-0.25, -0.2) is 13.6 Å². The van der Waals surface area contributed by atoms with Gasteiger partial charge in [-0.05, 0) is 42.7 Å². The molecule has 1 aromatic heterocycles. The fourth-order valence-electron chi connectivity index (χ4n) is 4.04. The van der Waals surface area contributed by atoms with Crippen molar-refractivity contribution >= 4 is 22.9 Å². The second kappa shape index (κ2) is 11.0. The van der Waals surface area contributed by atoms with Crippen LogP contribution in [0.25, 0.3) is 10.9 Å². The first-order chi connectivity index (χ1) is 17.3. The fourth-order valence-corrected chi connectivity index (χ4v) is 4.04. The lowest BCUT2D eigenvalue weighted by Gasteiger charge is -2.29. The number of alkyl carbamates (subject to hydrolysis) is 1. The summed E-state index contributed by atoms with van der Waals surface area (Å²) in [5.74, 6) is -1.92. The van der Waals surface area contributed by atoms with E-state index < -0.39 is 29.9 Å². The molecule has 0 aliphatic carbocycles. The van der Waals surface area contributed by atoms with Crippen LogP contribution in [-0.4, -0.2) is 29.1 Å². The highest BCUT2D eigenvalue weighted by Crippen LogP contribution is 2.23. The highest BCUT2D eigenvalue weighted by Gasteiger charge is 2.36. The summed E-state index contributed by atoms with van der Waals surface area (Å²) < 4.78 is 32.3. The Kier molecular flexibility index (Phi) is 7.63. The molecule has 0 aliphatic heterocycles. The summed E-state index contributed by atoms with van der Waals surface area (Å²) in [7, 11) is 0. The second-order valence-corrected chi connectivity index (χ2v) is 8.80. The van der Waals surface area contributed by atoms with Crippen molar-refractivity contribution in [2.45, 2.75) is 31.9 Å². The lowest BCUT2D eigenvalue weighted by molar-refractivity contribution is -0.126. The smallest absolute Gasteiger partial charge is 0.408 e. The zero-order valence-electron chi connectivity index (χ0n) is 19.8. The number of aromatic nitrogens is 1. The average molecular weight is 492 g/mol. The van der Waals surface area contributed by atoms with E-state index in [1.807, 2.05) is 54.6 Å². The van der Waals surface area contributed by atoms with Gasteiger partial charge in [0.15, 0.2) is 0 Å². The van der Waals surface area contributed by atoms with Gasteiger partial charge in [0.1, 0.15) is 23.8 Å². The molecule has 0 fully saturated rings. The van der Waals surface area contributed by atoms with Crippen LogP contribution >= 0.6 is 0 Å². The molecule has 0 unspecified atom stereocenters. The van der Waals surface area contributed by atoms with Gasteiger partial charge in [-0.3, -0.25) is 4.79 Å². The molecule has 4 aromatic rings. The molecule has 3 aromatic carbocycles. The van der Waals surface area contributed by atoms with Gasteiger partial charge in [-0.1, -0.05) is 48.5 Å². The van der Waals surface area contributed by atoms with E-state index >= 15 is 0 Å². The molecule has 0 bridgehead atoms. The first-order valence-corrected chi connectivity index (χ1v) is 11.6. The Hall–Kier alpha value is -4.20. The minimum absolute atomic E-state index is 0.0252. The molecule has 3 N–H and O–H groups in total. The van der Waals surface area contributed by atoms with Crippen LogP contribution in [0.4, 0.5) is 13.6 Å². The van der Waals surface area contributed by atoms with Crippen molar-refractivity contribution in [1.29, 1.82) is 0 Å². The number of benzene rings is 3. The third-order valence-electron chi connectivity index (χ3n) is 6.01. The predicted molar refractivity (Wildman–Crippen MR) is 133 cm³/mol. The molecule has 8 heteroatoms. The summed E-state index contributed by atoms with van der Waals surface area (Å²) in [6.45, 7) is 1.59. The minimum atomic E-state index is -1.36. The summed E-state index contributed by atoms with van der Waals surface area (Å²) in [5.41, 5.74) is 1.49. The number of hydrogen-bond acceptors (Lipinski definition) is 3. The van der Waals surface area contributed by atoms with Crippen LogP contribution in [0.2, 0.25) is 0 Å². The molecule has 186 valence electrons. The Labute approximate surface area is 207 Å². The van der Waals surface area contributed by atoms with Crippen molar-refractivity contribution in [1.82, 2.24) is 15.6 Å². The summed E-state index contributed by atoms with van der Waals surface area (Å²) >= 11 is 0. The largest absolute Gasteiger partial charge is 0.445 e. The molecule has 1 heterocycles. The number of ether oxygens (including phenoxy) is 1. The van der Waals surface area contributed by atoms with Gasteiger partial charge in [-0.2, -0.15) is 0 Å². The van der Waals surface area contributed by atoms with Crippen molar-refractivity contribution in [3.8, 4) is 0 Å². The van der Waals surface area contributed by atoms with Gasteiger partial charge in [0.25, 0.3) is 0 Å². The molecule has 2 amide bonds. The number of para-hydroxylation sites is 1. The van der Waals surface area contributed by atoms with Crippen molar-refractivity contribution in [3.05, 3.63) is 107 Å². The lowest BCUT2D eigenvalue weighted by Crippen LogP contribution is -2.58.